The fraction of sp³-hybridized carbons (Fsp3) is 0.375. The molecule has 0 aliphatic carbocycles. The van der Waals surface area contributed by atoms with Gasteiger partial charge in [-0.3, -0.25) is 4.79 Å². The Morgan fingerprint density at radius 1 is 1.33 bits per heavy atom. The SMILES string of the molecule is Cc1ccc(C(C)C)c2oc(N(C)C)c(/C=N/O)c(=O)c12. The summed E-state index contributed by atoms with van der Waals surface area (Å²) in [5.74, 6) is 0.626. The smallest absolute Gasteiger partial charge is 0.208 e. The average molecular weight is 288 g/mol. The fourth-order valence-electron chi connectivity index (χ4n) is 2.43. The molecule has 0 saturated carbocycles. The highest BCUT2D eigenvalue weighted by Crippen LogP contribution is 2.30. The molecule has 0 bridgehead atoms. The molecular weight excluding hydrogens is 268 g/mol. The van der Waals surface area contributed by atoms with Gasteiger partial charge in [-0.1, -0.05) is 31.1 Å². The van der Waals surface area contributed by atoms with Crippen molar-refractivity contribution in [1.29, 1.82) is 0 Å². The topological polar surface area (TPSA) is 66.0 Å². The van der Waals surface area contributed by atoms with Crippen LogP contribution in [0.25, 0.3) is 11.0 Å². The highest BCUT2D eigenvalue weighted by Gasteiger charge is 2.19. The number of benzene rings is 1. The second-order valence-electron chi connectivity index (χ2n) is 5.62. The molecule has 1 aromatic heterocycles. The minimum absolute atomic E-state index is 0.183. The fourth-order valence-corrected chi connectivity index (χ4v) is 2.43. The lowest BCUT2D eigenvalue weighted by molar-refractivity contribution is 0.321. The van der Waals surface area contributed by atoms with Crippen molar-refractivity contribution in [2.24, 2.45) is 5.16 Å². The van der Waals surface area contributed by atoms with Crippen molar-refractivity contribution in [3.63, 3.8) is 0 Å². The first-order valence-electron chi connectivity index (χ1n) is 6.83. The molecule has 1 heterocycles. The Balaban J connectivity index is 3.02. The molecular formula is C16H20N2O3. The van der Waals surface area contributed by atoms with Crippen molar-refractivity contribution in [2.45, 2.75) is 26.7 Å². The van der Waals surface area contributed by atoms with Gasteiger partial charge in [-0.2, -0.15) is 0 Å². The molecule has 5 heteroatoms. The number of hydrogen-bond donors (Lipinski definition) is 1. The van der Waals surface area contributed by atoms with Gasteiger partial charge in [0.1, 0.15) is 11.1 Å². The first-order valence-corrected chi connectivity index (χ1v) is 6.83. The van der Waals surface area contributed by atoms with E-state index in [0.717, 1.165) is 17.3 Å². The number of oxime groups is 1. The summed E-state index contributed by atoms with van der Waals surface area (Å²) in [7, 11) is 3.56. The van der Waals surface area contributed by atoms with Crippen LogP contribution in [-0.2, 0) is 0 Å². The van der Waals surface area contributed by atoms with Crippen molar-refractivity contribution >= 4 is 23.1 Å². The minimum Gasteiger partial charge on any atom is -0.439 e. The van der Waals surface area contributed by atoms with Crippen molar-refractivity contribution in [3.05, 3.63) is 39.0 Å². The maximum absolute atomic E-state index is 12.8. The summed E-state index contributed by atoms with van der Waals surface area (Å²) in [5, 5.41) is 12.3. The number of anilines is 1. The summed E-state index contributed by atoms with van der Waals surface area (Å²) in [6.45, 7) is 5.99. The standard InChI is InChI=1S/C16H20N2O3/c1-9(2)11-7-6-10(3)13-14(19)12(8-17-20)16(18(4)5)21-15(11)13/h6-9,20H,1-5H3/b17-8+. The predicted octanol–water partition coefficient (Wildman–Crippen LogP) is 3.10. The molecule has 0 fully saturated rings. The number of hydrogen-bond acceptors (Lipinski definition) is 5. The Morgan fingerprint density at radius 2 is 2.00 bits per heavy atom. The Kier molecular flexibility index (Phi) is 4.02. The number of aryl methyl sites for hydroxylation is 1. The van der Waals surface area contributed by atoms with Crippen LogP contribution in [0.5, 0.6) is 0 Å². The summed E-state index contributed by atoms with van der Waals surface area (Å²) in [4.78, 5) is 14.4. The van der Waals surface area contributed by atoms with Gasteiger partial charge >= 0.3 is 0 Å². The van der Waals surface area contributed by atoms with Crippen molar-refractivity contribution < 1.29 is 9.62 Å². The van der Waals surface area contributed by atoms with E-state index in [4.69, 9.17) is 9.62 Å². The Morgan fingerprint density at radius 3 is 2.52 bits per heavy atom. The van der Waals surface area contributed by atoms with Gasteiger partial charge in [0.25, 0.3) is 0 Å². The van der Waals surface area contributed by atoms with Crippen LogP contribution in [0, 0.1) is 6.92 Å². The third-order valence-electron chi connectivity index (χ3n) is 3.51. The van der Waals surface area contributed by atoms with Gasteiger partial charge in [0.05, 0.1) is 11.6 Å². The summed E-state index contributed by atoms with van der Waals surface area (Å²) in [6.07, 6.45) is 1.13. The molecule has 0 unspecified atom stereocenters. The Hall–Kier alpha value is -2.30. The number of fused-ring (bicyclic) bond motifs is 1. The Bertz CT molecular complexity index is 758. The van der Waals surface area contributed by atoms with Crippen LogP contribution in [-0.4, -0.2) is 25.5 Å². The average Bonchev–Trinajstić information content (AvgIpc) is 2.41. The van der Waals surface area contributed by atoms with Gasteiger partial charge in [-0.05, 0) is 24.0 Å². The second-order valence-corrected chi connectivity index (χ2v) is 5.62. The van der Waals surface area contributed by atoms with Crippen LogP contribution in [0.2, 0.25) is 0 Å². The molecule has 5 nitrogen and oxygen atoms in total. The lowest BCUT2D eigenvalue weighted by Gasteiger charge is -2.17. The molecule has 0 aliphatic heterocycles. The van der Waals surface area contributed by atoms with E-state index < -0.39 is 0 Å². The first-order chi connectivity index (χ1) is 9.88. The molecule has 0 saturated heterocycles. The third kappa shape index (κ3) is 2.51. The van der Waals surface area contributed by atoms with E-state index in [1.54, 1.807) is 19.0 Å². The van der Waals surface area contributed by atoms with E-state index in [0.29, 0.717) is 16.9 Å². The highest BCUT2D eigenvalue weighted by molar-refractivity contribution is 5.94. The molecule has 0 aliphatic rings. The van der Waals surface area contributed by atoms with E-state index in [1.165, 1.54) is 0 Å². The molecule has 0 amide bonds. The maximum atomic E-state index is 12.8. The largest absolute Gasteiger partial charge is 0.439 e. The monoisotopic (exact) mass is 288 g/mol. The van der Waals surface area contributed by atoms with E-state index in [1.807, 2.05) is 19.1 Å². The lowest BCUT2D eigenvalue weighted by atomic mass is 9.97. The Labute approximate surface area is 123 Å². The van der Waals surface area contributed by atoms with Gasteiger partial charge < -0.3 is 14.5 Å². The van der Waals surface area contributed by atoms with E-state index in [2.05, 4.69) is 19.0 Å². The van der Waals surface area contributed by atoms with E-state index >= 15 is 0 Å². The molecule has 0 spiro atoms. The first kappa shape index (κ1) is 15.1. The van der Waals surface area contributed by atoms with Crippen molar-refractivity contribution in [3.8, 4) is 0 Å². The van der Waals surface area contributed by atoms with E-state index in [9.17, 15) is 4.79 Å². The maximum Gasteiger partial charge on any atom is 0.208 e. The van der Waals surface area contributed by atoms with Crippen LogP contribution >= 0.6 is 0 Å². The van der Waals surface area contributed by atoms with Gasteiger partial charge in [-0.15, -0.1) is 0 Å². The summed E-state index contributed by atoms with van der Waals surface area (Å²) >= 11 is 0. The van der Waals surface area contributed by atoms with Crippen LogP contribution in [0.15, 0.2) is 26.5 Å². The molecule has 0 radical (unpaired) electrons. The van der Waals surface area contributed by atoms with Crippen LogP contribution in [0.4, 0.5) is 5.88 Å². The second kappa shape index (κ2) is 5.60. The zero-order valence-electron chi connectivity index (χ0n) is 13.0. The van der Waals surface area contributed by atoms with Crippen LogP contribution in [0.1, 0.15) is 36.5 Å². The third-order valence-corrected chi connectivity index (χ3v) is 3.51. The van der Waals surface area contributed by atoms with E-state index in [-0.39, 0.29) is 16.9 Å². The molecule has 2 rings (SSSR count). The van der Waals surface area contributed by atoms with Crippen molar-refractivity contribution in [2.75, 3.05) is 19.0 Å². The predicted molar refractivity (Wildman–Crippen MR) is 85.0 cm³/mol. The molecule has 1 aromatic carbocycles. The summed E-state index contributed by atoms with van der Waals surface area (Å²) < 4.78 is 5.98. The summed E-state index contributed by atoms with van der Waals surface area (Å²) in [6, 6.07) is 3.91. The number of nitrogens with zero attached hydrogens (tertiary/aromatic N) is 2. The van der Waals surface area contributed by atoms with Gasteiger partial charge in [0, 0.05) is 14.1 Å². The molecule has 21 heavy (non-hydrogen) atoms. The van der Waals surface area contributed by atoms with Gasteiger partial charge in [-0.25, -0.2) is 0 Å². The molecule has 2 aromatic rings. The molecule has 0 atom stereocenters. The summed E-state index contributed by atoms with van der Waals surface area (Å²) in [5.41, 5.74) is 2.51. The normalized spacial score (nSPS) is 11.7. The van der Waals surface area contributed by atoms with Gasteiger partial charge in [0.15, 0.2) is 0 Å². The minimum atomic E-state index is -0.183. The number of rotatable bonds is 3. The van der Waals surface area contributed by atoms with Crippen molar-refractivity contribution in [1.82, 2.24) is 0 Å². The zero-order valence-corrected chi connectivity index (χ0v) is 13.0. The highest BCUT2D eigenvalue weighted by atomic mass is 16.4. The quantitative estimate of drug-likeness (QED) is 0.535. The van der Waals surface area contributed by atoms with Gasteiger partial charge in [0.2, 0.25) is 11.3 Å². The van der Waals surface area contributed by atoms with Crippen LogP contribution < -0.4 is 10.3 Å². The molecule has 1 N–H and O–H groups in total. The zero-order chi connectivity index (χ0) is 15.7. The molecule has 112 valence electrons. The van der Waals surface area contributed by atoms with Crippen LogP contribution in [0.3, 0.4) is 0 Å². The lowest BCUT2D eigenvalue weighted by Crippen LogP contribution is -2.19.